The quantitative estimate of drug-likeness (QED) is 0.735. The van der Waals surface area contributed by atoms with Crippen molar-refractivity contribution in [3.63, 3.8) is 0 Å². The third-order valence-corrected chi connectivity index (χ3v) is 2.11. The van der Waals surface area contributed by atoms with Gasteiger partial charge in [-0.2, -0.15) is 5.10 Å². The number of hydrogen-bond acceptors (Lipinski definition) is 6. The fourth-order valence-electron chi connectivity index (χ4n) is 1.23. The number of carbonyl (C=O) groups is 2. The van der Waals surface area contributed by atoms with E-state index in [9.17, 15) is 9.59 Å². The summed E-state index contributed by atoms with van der Waals surface area (Å²) in [6, 6.07) is 1.46. The Balaban J connectivity index is 2.28. The summed E-state index contributed by atoms with van der Waals surface area (Å²) in [5.74, 6) is -0.851. The van der Waals surface area contributed by atoms with Crippen LogP contribution in [0, 0.1) is 0 Å². The minimum absolute atomic E-state index is 0.0866. The van der Waals surface area contributed by atoms with Crippen LogP contribution in [0.5, 0.6) is 0 Å². The Morgan fingerprint density at radius 3 is 2.56 bits per heavy atom. The third-order valence-electron chi connectivity index (χ3n) is 2.11. The molecule has 0 aliphatic carbocycles. The number of nitrogens with zero attached hydrogens (tertiary/aromatic N) is 4. The maximum Gasteiger partial charge on any atom is 0.358 e. The second-order valence-corrected chi connectivity index (χ2v) is 3.26. The molecule has 0 atom stereocenters. The van der Waals surface area contributed by atoms with Crippen LogP contribution in [-0.4, -0.2) is 38.7 Å². The van der Waals surface area contributed by atoms with Gasteiger partial charge in [-0.05, 0) is 6.07 Å². The lowest BCUT2D eigenvalue weighted by Gasteiger charge is -2.01. The number of amides is 1. The Morgan fingerprint density at radius 2 is 2.06 bits per heavy atom. The van der Waals surface area contributed by atoms with Gasteiger partial charge in [0.15, 0.2) is 11.5 Å². The Morgan fingerprint density at radius 1 is 1.28 bits per heavy atom. The molecule has 2 aromatic rings. The average molecular weight is 247 g/mol. The molecule has 2 N–H and O–H groups in total. The monoisotopic (exact) mass is 247 g/mol. The Labute approximate surface area is 101 Å². The van der Waals surface area contributed by atoms with Gasteiger partial charge in [0.1, 0.15) is 5.69 Å². The van der Waals surface area contributed by atoms with E-state index in [4.69, 9.17) is 5.73 Å². The molecule has 92 valence electrons. The largest absolute Gasteiger partial charge is 0.464 e. The van der Waals surface area contributed by atoms with Crippen molar-refractivity contribution in [1.82, 2.24) is 19.7 Å². The summed E-state index contributed by atoms with van der Waals surface area (Å²) in [6.07, 6.45) is 4.11. The SMILES string of the molecule is COC(=O)c1cnc(-n2ccc(C(N)=O)n2)cn1. The lowest BCUT2D eigenvalue weighted by Crippen LogP contribution is -2.12. The molecule has 18 heavy (non-hydrogen) atoms. The van der Waals surface area contributed by atoms with E-state index >= 15 is 0 Å². The van der Waals surface area contributed by atoms with Crippen molar-refractivity contribution in [3.8, 4) is 5.82 Å². The Kier molecular flexibility index (Phi) is 3.00. The first-order valence-corrected chi connectivity index (χ1v) is 4.88. The molecule has 0 saturated carbocycles. The highest BCUT2D eigenvalue weighted by Crippen LogP contribution is 2.04. The molecule has 8 heteroatoms. The Hall–Kier alpha value is -2.77. The number of primary amides is 1. The maximum atomic E-state index is 11.1. The highest BCUT2D eigenvalue weighted by Gasteiger charge is 2.10. The van der Waals surface area contributed by atoms with Gasteiger partial charge in [0.25, 0.3) is 5.91 Å². The van der Waals surface area contributed by atoms with E-state index in [1.165, 1.54) is 36.4 Å². The van der Waals surface area contributed by atoms with Crippen molar-refractivity contribution in [3.05, 3.63) is 36.0 Å². The normalized spacial score (nSPS) is 10.1. The van der Waals surface area contributed by atoms with Gasteiger partial charge < -0.3 is 10.5 Å². The van der Waals surface area contributed by atoms with E-state index in [0.29, 0.717) is 5.82 Å². The molecule has 1 amide bonds. The molecule has 0 aromatic carbocycles. The van der Waals surface area contributed by atoms with Crippen LogP contribution in [0.1, 0.15) is 21.0 Å². The average Bonchev–Trinajstić information content (AvgIpc) is 2.88. The molecule has 0 bridgehead atoms. The number of ether oxygens (including phenoxy) is 1. The molecule has 2 rings (SSSR count). The minimum atomic E-state index is -0.632. The summed E-state index contributed by atoms with van der Waals surface area (Å²) in [4.78, 5) is 29.9. The van der Waals surface area contributed by atoms with Crippen molar-refractivity contribution in [1.29, 1.82) is 0 Å². The first-order chi connectivity index (χ1) is 8.61. The van der Waals surface area contributed by atoms with Crippen LogP contribution in [0.25, 0.3) is 5.82 Å². The number of carbonyl (C=O) groups excluding carboxylic acids is 2. The molecule has 8 nitrogen and oxygen atoms in total. The summed E-state index contributed by atoms with van der Waals surface area (Å²) in [5, 5.41) is 3.90. The molecule has 0 radical (unpaired) electrons. The number of aromatic nitrogens is 4. The maximum absolute atomic E-state index is 11.1. The van der Waals surface area contributed by atoms with E-state index < -0.39 is 11.9 Å². The highest BCUT2D eigenvalue weighted by molar-refractivity contribution is 5.90. The van der Waals surface area contributed by atoms with E-state index in [0.717, 1.165) is 0 Å². The number of methoxy groups -OCH3 is 1. The zero-order valence-corrected chi connectivity index (χ0v) is 9.40. The van der Waals surface area contributed by atoms with Gasteiger partial charge in [0.05, 0.1) is 19.5 Å². The molecule has 0 aliphatic rings. The van der Waals surface area contributed by atoms with E-state index in [-0.39, 0.29) is 11.4 Å². The van der Waals surface area contributed by atoms with Crippen molar-refractivity contribution in [2.45, 2.75) is 0 Å². The predicted molar refractivity (Wildman–Crippen MR) is 59.0 cm³/mol. The summed E-state index contributed by atoms with van der Waals surface area (Å²) in [6.45, 7) is 0. The lowest BCUT2D eigenvalue weighted by atomic mass is 10.4. The Bertz CT molecular complexity index is 590. The molecule has 0 saturated heterocycles. The molecular weight excluding hydrogens is 238 g/mol. The van der Waals surface area contributed by atoms with Gasteiger partial charge in [-0.25, -0.2) is 19.4 Å². The van der Waals surface area contributed by atoms with Gasteiger partial charge in [-0.3, -0.25) is 4.79 Å². The molecule has 2 aromatic heterocycles. The van der Waals surface area contributed by atoms with Crippen molar-refractivity contribution >= 4 is 11.9 Å². The molecule has 0 unspecified atom stereocenters. The van der Waals surface area contributed by atoms with Gasteiger partial charge in [-0.1, -0.05) is 0 Å². The number of rotatable bonds is 3. The summed E-state index contributed by atoms with van der Waals surface area (Å²) in [5.41, 5.74) is 5.28. The number of esters is 1. The van der Waals surface area contributed by atoms with Gasteiger partial charge in [0, 0.05) is 6.20 Å². The zero-order chi connectivity index (χ0) is 13.1. The first-order valence-electron chi connectivity index (χ1n) is 4.88. The van der Waals surface area contributed by atoms with Crippen LogP contribution in [-0.2, 0) is 4.74 Å². The zero-order valence-electron chi connectivity index (χ0n) is 9.40. The summed E-state index contributed by atoms with van der Waals surface area (Å²) in [7, 11) is 1.25. The van der Waals surface area contributed by atoms with Crippen LogP contribution < -0.4 is 5.73 Å². The van der Waals surface area contributed by atoms with Crippen LogP contribution in [0.4, 0.5) is 0 Å². The van der Waals surface area contributed by atoms with Crippen molar-refractivity contribution in [2.75, 3.05) is 7.11 Å². The number of hydrogen-bond donors (Lipinski definition) is 1. The van der Waals surface area contributed by atoms with E-state index in [1.54, 1.807) is 0 Å². The lowest BCUT2D eigenvalue weighted by molar-refractivity contribution is 0.0593. The van der Waals surface area contributed by atoms with Crippen LogP contribution in [0.2, 0.25) is 0 Å². The standard InChI is InChI=1S/C10H9N5O3/c1-18-10(17)7-4-13-8(5-12-7)15-3-2-6(14-15)9(11)16/h2-5H,1H3,(H2,11,16). The summed E-state index contributed by atoms with van der Waals surface area (Å²) < 4.78 is 5.82. The first kappa shape index (κ1) is 11.7. The van der Waals surface area contributed by atoms with Crippen molar-refractivity contribution in [2.24, 2.45) is 5.73 Å². The highest BCUT2D eigenvalue weighted by atomic mass is 16.5. The van der Waals surface area contributed by atoms with Crippen LogP contribution in [0.15, 0.2) is 24.7 Å². The third kappa shape index (κ3) is 2.17. The fraction of sp³-hybridized carbons (Fsp3) is 0.100. The van der Waals surface area contributed by atoms with E-state index in [1.807, 2.05) is 0 Å². The number of nitrogens with two attached hydrogens (primary N) is 1. The fourth-order valence-corrected chi connectivity index (χ4v) is 1.23. The minimum Gasteiger partial charge on any atom is -0.464 e. The second-order valence-electron chi connectivity index (χ2n) is 3.26. The molecule has 2 heterocycles. The molecule has 0 fully saturated rings. The molecule has 0 spiro atoms. The van der Waals surface area contributed by atoms with Crippen LogP contribution in [0.3, 0.4) is 0 Å². The molecule has 0 aliphatic heterocycles. The van der Waals surface area contributed by atoms with Gasteiger partial charge >= 0.3 is 5.97 Å². The van der Waals surface area contributed by atoms with E-state index in [2.05, 4.69) is 19.8 Å². The second kappa shape index (κ2) is 4.62. The van der Waals surface area contributed by atoms with Gasteiger partial charge in [0.2, 0.25) is 0 Å². The predicted octanol–water partition coefficient (Wildman–Crippen LogP) is -0.452. The topological polar surface area (TPSA) is 113 Å². The molecular formula is C10H9N5O3. The summed E-state index contributed by atoms with van der Waals surface area (Å²) >= 11 is 0. The smallest absolute Gasteiger partial charge is 0.358 e. The van der Waals surface area contributed by atoms with Crippen molar-refractivity contribution < 1.29 is 14.3 Å². The van der Waals surface area contributed by atoms with Gasteiger partial charge in [-0.15, -0.1) is 0 Å². The van der Waals surface area contributed by atoms with Crippen LogP contribution >= 0.6 is 0 Å².